The predicted octanol–water partition coefficient (Wildman–Crippen LogP) is 2.04. The van der Waals surface area contributed by atoms with E-state index in [4.69, 9.17) is 4.89 Å². The smallest absolute Gasteiger partial charge is 0.113 e. The molecule has 5 heteroatoms. The minimum absolute atomic E-state index is 0.633. The lowest BCUT2D eigenvalue weighted by molar-refractivity contribution is -0.209. The Labute approximate surface area is 86.4 Å². The Morgan fingerprint density at radius 2 is 1.54 bits per heavy atom. The van der Waals surface area contributed by atoms with Crippen molar-refractivity contribution in [2.45, 2.75) is 47.1 Å². The molecule has 0 aromatic rings. The molecule has 0 amide bonds. The maximum Gasteiger partial charge on any atom is 0.113 e. The fraction of sp³-hybridized carbons (Fsp3) is 1.00. The largest absolute Gasteiger partial charge is 0.780 e. The van der Waals surface area contributed by atoms with Crippen molar-refractivity contribution in [1.82, 2.24) is 0 Å². The Kier molecular flexibility index (Phi) is 7.49. The third-order valence-corrected chi connectivity index (χ3v) is 1.39. The molecule has 82 valence electrons. The molecule has 0 aromatic heterocycles. The molecule has 0 aromatic carbocycles. The molecule has 0 aliphatic heterocycles. The number of hydrogen-bond donors (Lipinski definition) is 1. The van der Waals surface area contributed by atoms with Crippen molar-refractivity contribution in [3.63, 3.8) is 0 Å². The first-order chi connectivity index (χ1) is 5.44. The lowest BCUT2D eigenvalue weighted by Crippen LogP contribution is -2.20. The van der Waals surface area contributed by atoms with Gasteiger partial charge in [0, 0.05) is 0 Å². The standard InChI is InChI=1S/C4H11O3PS.C4H10/c1-4(2,3)7-8(5,6)9;1-4(2)3/h1-3H3,(H2,5,6,9);4H,1-3H3/p-1. The van der Waals surface area contributed by atoms with Crippen LogP contribution in [-0.2, 0) is 16.3 Å². The summed E-state index contributed by atoms with van der Waals surface area (Å²) in [6, 6.07) is 0. The van der Waals surface area contributed by atoms with E-state index in [1.165, 1.54) is 0 Å². The van der Waals surface area contributed by atoms with Crippen LogP contribution in [0.3, 0.4) is 0 Å². The second-order valence-corrected chi connectivity index (χ2v) is 6.91. The minimum atomic E-state index is -3.70. The van der Waals surface area contributed by atoms with Gasteiger partial charge in [0.25, 0.3) is 0 Å². The second-order valence-electron chi connectivity index (χ2n) is 4.40. The van der Waals surface area contributed by atoms with Crippen molar-refractivity contribution >= 4 is 18.5 Å². The van der Waals surface area contributed by atoms with Gasteiger partial charge in [-0.05, 0) is 26.7 Å². The zero-order valence-electron chi connectivity index (χ0n) is 9.20. The van der Waals surface area contributed by atoms with E-state index in [1.807, 2.05) is 0 Å². The Hall–Kier alpha value is 0.530. The van der Waals surface area contributed by atoms with E-state index in [2.05, 4.69) is 37.1 Å². The van der Waals surface area contributed by atoms with Crippen LogP contribution in [0.15, 0.2) is 0 Å². The van der Waals surface area contributed by atoms with Crippen molar-refractivity contribution in [3.8, 4) is 0 Å². The summed E-state index contributed by atoms with van der Waals surface area (Å²) < 4.78 is 4.55. The highest BCUT2D eigenvalue weighted by Crippen LogP contribution is 2.36. The molecule has 13 heavy (non-hydrogen) atoms. The molecule has 0 rings (SSSR count). The maximum atomic E-state index is 10.4. The summed E-state index contributed by atoms with van der Waals surface area (Å²) in [5, 5.41) is 0. The van der Waals surface area contributed by atoms with Crippen molar-refractivity contribution in [2.24, 2.45) is 5.92 Å². The third-order valence-electron chi connectivity index (χ3n) is 0.389. The highest BCUT2D eigenvalue weighted by Gasteiger charge is 2.13. The van der Waals surface area contributed by atoms with Crippen LogP contribution in [-0.4, -0.2) is 10.5 Å². The molecule has 1 N–H and O–H groups in total. The molecule has 0 aliphatic carbocycles. The van der Waals surface area contributed by atoms with E-state index in [-0.39, 0.29) is 0 Å². The van der Waals surface area contributed by atoms with Gasteiger partial charge in [-0.2, -0.15) is 0 Å². The van der Waals surface area contributed by atoms with Crippen LogP contribution in [0, 0.1) is 5.92 Å². The zero-order chi connectivity index (χ0) is 11.3. The lowest BCUT2D eigenvalue weighted by atomic mass is 10.2. The zero-order valence-corrected chi connectivity index (χ0v) is 10.9. The first-order valence-corrected chi connectivity index (χ1v) is 6.77. The monoisotopic (exact) mass is 227 g/mol. The van der Waals surface area contributed by atoms with E-state index < -0.39 is 12.3 Å². The molecule has 0 radical (unpaired) electrons. The minimum Gasteiger partial charge on any atom is -0.780 e. The summed E-state index contributed by atoms with van der Waals surface area (Å²) in [5.41, 5.74) is -0.633. The Balaban J connectivity index is 0. The fourth-order valence-electron chi connectivity index (χ4n) is 0.346. The average Bonchev–Trinajstić information content (AvgIpc) is 1.47. The van der Waals surface area contributed by atoms with Crippen molar-refractivity contribution in [2.75, 3.05) is 0 Å². The molecule has 0 saturated carbocycles. The van der Waals surface area contributed by atoms with Gasteiger partial charge < -0.3 is 14.3 Å². The molecular formula is C8H20O3PS-. The first-order valence-electron chi connectivity index (χ1n) is 4.18. The molecule has 1 unspecified atom stereocenters. The van der Waals surface area contributed by atoms with Gasteiger partial charge in [-0.25, -0.2) is 0 Å². The summed E-state index contributed by atoms with van der Waals surface area (Å²) >= 11 is 4.12. The normalized spacial score (nSPS) is 16.1. The van der Waals surface area contributed by atoms with E-state index in [9.17, 15) is 4.89 Å². The van der Waals surface area contributed by atoms with Crippen molar-refractivity contribution in [1.29, 1.82) is 0 Å². The van der Waals surface area contributed by atoms with E-state index in [1.54, 1.807) is 20.8 Å². The van der Waals surface area contributed by atoms with Gasteiger partial charge in [0.1, 0.15) is 6.72 Å². The van der Waals surface area contributed by atoms with E-state index >= 15 is 0 Å². The van der Waals surface area contributed by atoms with Crippen LogP contribution in [0.4, 0.5) is 0 Å². The number of hydrogen-bond acceptors (Lipinski definition) is 3. The quantitative estimate of drug-likeness (QED) is 0.696. The predicted molar refractivity (Wildman–Crippen MR) is 57.9 cm³/mol. The molecule has 0 fully saturated rings. The van der Waals surface area contributed by atoms with E-state index in [0.29, 0.717) is 0 Å². The Morgan fingerprint density at radius 3 is 1.54 bits per heavy atom. The SMILES string of the molecule is CC(C)(C)OP([O-])(O)=S.CC(C)C. The highest BCUT2D eigenvalue weighted by atomic mass is 32.5. The van der Waals surface area contributed by atoms with Crippen LogP contribution in [0.25, 0.3) is 0 Å². The van der Waals surface area contributed by atoms with Crippen LogP contribution < -0.4 is 4.89 Å². The molecule has 0 bridgehead atoms. The average molecular weight is 227 g/mol. The molecule has 1 atom stereocenters. The van der Waals surface area contributed by atoms with Crippen LogP contribution in [0.1, 0.15) is 41.5 Å². The molecular weight excluding hydrogens is 207 g/mol. The Morgan fingerprint density at radius 1 is 1.31 bits per heavy atom. The van der Waals surface area contributed by atoms with Gasteiger partial charge in [-0.1, -0.05) is 32.6 Å². The summed E-state index contributed by atoms with van der Waals surface area (Å²) in [4.78, 5) is 18.9. The molecule has 3 nitrogen and oxygen atoms in total. The first kappa shape index (κ1) is 16.0. The molecule has 0 saturated heterocycles. The van der Waals surface area contributed by atoms with Crippen molar-refractivity contribution < 1.29 is 14.3 Å². The van der Waals surface area contributed by atoms with Gasteiger partial charge in [0.05, 0.1) is 5.60 Å². The lowest BCUT2D eigenvalue weighted by Gasteiger charge is -2.29. The van der Waals surface area contributed by atoms with Crippen LogP contribution in [0.5, 0.6) is 0 Å². The summed E-state index contributed by atoms with van der Waals surface area (Å²) in [6.07, 6.45) is 0. The second kappa shape index (κ2) is 6.10. The highest BCUT2D eigenvalue weighted by molar-refractivity contribution is 8.06. The van der Waals surface area contributed by atoms with Crippen molar-refractivity contribution in [3.05, 3.63) is 0 Å². The van der Waals surface area contributed by atoms with Gasteiger partial charge in [0.2, 0.25) is 0 Å². The maximum absolute atomic E-state index is 10.4. The topological polar surface area (TPSA) is 52.5 Å². The summed E-state index contributed by atoms with van der Waals surface area (Å²) in [7, 11) is 0. The van der Waals surface area contributed by atoms with Gasteiger partial charge in [0.15, 0.2) is 0 Å². The van der Waals surface area contributed by atoms with Gasteiger partial charge in [-0.15, -0.1) is 0 Å². The Bertz CT molecular complexity index is 166. The summed E-state index contributed by atoms with van der Waals surface area (Å²) in [6.45, 7) is 7.80. The number of rotatable bonds is 1. The van der Waals surface area contributed by atoms with Crippen LogP contribution in [0.2, 0.25) is 0 Å². The molecule has 0 heterocycles. The van der Waals surface area contributed by atoms with Gasteiger partial charge in [-0.3, -0.25) is 0 Å². The fourth-order valence-corrected chi connectivity index (χ4v) is 1.71. The summed E-state index contributed by atoms with van der Waals surface area (Å²) in [5.74, 6) is 0.833. The third kappa shape index (κ3) is 32.6. The van der Waals surface area contributed by atoms with Crippen LogP contribution >= 0.6 is 6.72 Å². The molecule has 0 spiro atoms. The van der Waals surface area contributed by atoms with Gasteiger partial charge >= 0.3 is 0 Å². The molecule has 0 aliphatic rings. The van der Waals surface area contributed by atoms with E-state index in [0.717, 1.165) is 5.92 Å².